The first-order chi connectivity index (χ1) is 12.3. The second-order valence-corrected chi connectivity index (χ2v) is 6.88. The van der Waals surface area contributed by atoms with Crippen LogP contribution >= 0.6 is 0 Å². The van der Waals surface area contributed by atoms with Crippen LogP contribution in [0.4, 0.5) is 0 Å². The summed E-state index contributed by atoms with van der Waals surface area (Å²) < 4.78 is 22.0. The van der Waals surface area contributed by atoms with E-state index in [-0.39, 0.29) is 0 Å². The second-order valence-electron chi connectivity index (χ2n) is 6.88. The second kappa shape index (κ2) is 5.85. The highest BCUT2D eigenvalue weighted by Crippen LogP contribution is 2.41. The van der Waals surface area contributed by atoms with Gasteiger partial charge in [-0.15, -0.1) is 0 Å². The van der Waals surface area contributed by atoms with Gasteiger partial charge < -0.3 is 18.9 Å². The number of aryl methyl sites for hydroxylation is 1. The van der Waals surface area contributed by atoms with Gasteiger partial charge in [0.2, 0.25) is 13.6 Å². The van der Waals surface area contributed by atoms with Gasteiger partial charge in [-0.3, -0.25) is 4.90 Å². The number of nitrogens with zero attached hydrogens (tertiary/aromatic N) is 1. The van der Waals surface area contributed by atoms with Gasteiger partial charge in [-0.2, -0.15) is 0 Å². The van der Waals surface area contributed by atoms with E-state index in [4.69, 9.17) is 18.9 Å². The fourth-order valence-electron chi connectivity index (χ4n) is 3.99. The number of hydrogen-bond donors (Lipinski definition) is 0. The lowest BCUT2D eigenvalue weighted by Gasteiger charge is -2.35. The molecular formula is C20H21NO4. The van der Waals surface area contributed by atoms with E-state index in [2.05, 4.69) is 36.2 Å². The lowest BCUT2D eigenvalue weighted by atomic mass is 9.89. The maximum absolute atomic E-state index is 5.59. The Bertz CT molecular complexity index is 820. The Hall–Kier alpha value is -2.40. The summed E-state index contributed by atoms with van der Waals surface area (Å²) >= 11 is 0. The Balaban J connectivity index is 1.39. The predicted octanol–water partition coefficient (Wildman–Crippen LogP) is 3.31. The number of benzene rings is 2. The van der Waals surface area contributed by atoms with Crippen LogP contribution in [0.5, 0.6) is 23.0 Å². The molecule has 0 aromatic heterocycles. The van der Waals surface area contributed by atoms with E-state index in [1.165, 1.54) is 16.7 Å². The summed E-state index contributed by atoms with van der Waals surface area (Å²) in [5, 5.41) is 0. The van der Waals surface area contributed by atoms with Gasteiger partial charge in [-0.1, -0.05) is 6.07 Å². The van der Waals surface area contributed by atoms with Crippen molar-refractivity contribution in [1.82, 2.24) is 4.90 Å². The molecule has 0 fully saturated rings. The van der Waals surface area contributed by atoms with Crippen molar-refractivity contribution in [2.45, 2.75) is 25.3 Å². The highest BCUT2D eigenvalue weighted by Gasteiger charge is 2.28. The number of ether oxygens (including phenoxy) is 4. The molecular weight excluding hydrogens is 318 g/mol. The zero-order valence-corrected chi connectivity index (χ0v) is 14.3. The normalized spacial score (nSPS) is 20.6. The average Bonchev–Trinajstić information content (AvgIpc) is 3.27. The molecule has 1 atom stereocenters. The van der Waals surface area contributed by atoms with Crippen molar-refractivity contribution in [3.05, 3.63) is 47.0 Å². The molecule has 1 unspecified atom stereocenters. The molecule has 0 saturated carbocycles. The summed E-state index contributed by atoms with van der Waals surface area (Å²) in [6, 6.07) is 11.0. The molecule has 0 aliphatic carbocycles. The van der Waals surface area contributed by atoms with Gasteiger partial charge in [-0.25, -0.2) is 0 Å². The van der Waals surface area contributed by atoms with Crippen LogP contribution in [0.3, 0.4) is 0 Å². The molecule has 0 saturated heterocycles. The van der Waals surface area contributed by atoms with Crippen molar-refractivity contribution in [3.8, 4) is 23.0 Å². The summed E-state index contributed by atoms with van der Waals surface area (Å²) in [7, 11) is 2.21. The quantitative estimate of drug-likeness (QED) is 0.858. The molecule has 0 spiro atoms. The first-order valence-electron chi connectivity index (χ1n) is 8.79. The van der Waals surface area contributed by atoms with Crippen molar-refractivity contribution < 1.29 is 18.9 Å². The van der Waals surface area contributed by atoms with Gasteiger partial charge >= 0.3 is 0 Å². The maximum atomic E-state index is 5.59. The fraction of sp³-hybridized carbons (Fsp3) is 0.400. The maximum Gasteiger partial charge on any atom is 0.231 e. The average molecular weight is 339 g/mol. The van der Waals surface area contributed by atoms with Gasteiger partial charge in [0.05, 0.1) is 0 Å². The van der Waals surface area contributed by atoms with Gasteiger partial charge in [0.25, 0.3) is 0 Å². The van der Waals surface area contributed by atoms with Crippen LogP contribution in [0.25, 0.3) is 0 Å². The zero-order valence-electron chi connectivity index (χ0n) is 14.3. The molecule has 2 aromatic rings. The SMILES string of the molecule is CN1CCc2cc3c(cc2C1CCc1ccc2c(c1)OCO2)OCO3. The van der Waals surface area contributed by atoms with Crippen LogP contribution < -0.4 is 18.9 Å². The number of rotatable bonds is 3. The Morgan fingerprint density at radius 2 is 1.64 bits per heavy atom. The molecule has 5 nitrogen and oxygen atoms in total. The summed E-state index contributed by atoms with van der Waals surface area (Å²) in [6.45, 7) is 1.72. The lowest BCUT2D eigenvalue weighted by molar-refractivity contribution is 0.173. The smallest absolute Gasteiger partial charge is 0.231 e. The van der Waals surface area contributed by atoms with Crippen molar-refractivity contribution in [3.63, 3.8) is 0 Å². The third-order valence-electron chi connectivity index (χ3n) is 5.40. The van der Waals surface area contributed by atoms with E-state index in [1.807, 2.05) is 6.07 Å². The number of likely N-dealkylation sites (N-methyl/N-ethyl adjacent to an activating group) is 1. The summed E-state index contributed by atoms with van der Waals surface area (Å²) in [6.07, 6.45) is 3.12. The van der Waals surface area contributed by atoms with E-state index in [0.717, 1.165) is 48.8 Å². The Labute approximate surface area is 147 Å². The van der Waals surface area contributed by atoms with Crippen LogP contribution in [0.2, 0.25) is 0 Å². The molecule has 0 amide bonds. The van der Waals surface area contributed by atoms with Crippen molar-refractivity contribution in [1.29, 1.82) is 0 Å². The standard InChI is InChI=1S/C20H21NO4/c1-21-7-6-14-9-19-20(25-12-24-19)10-15(14)16(21)4-2-13-3-5-17-18(8-13)23-11-22-17/h3,5,8-10,16H,2,4,6-7,11-12H2,1H3. The fourth-order valence-corrected chi connectivity index (χ4v) is 3.99. The minimum atomic E-state index is 0.324. The topological polar surface area (TPSA) is 40.2 Å². The molecule has 25 heavy (non-hydrogen) atoms. The van der Waals surface area contributed by atoms with Gasteiger partial charge in [0, 0.05) is 12.6 Å². The molecule has 0 N–H and O–H groups in total. The minimum Gasteiger partial charge on any atom is -0.454 e. The zero-order chi connectivity index (χ0) is 16.8. The van der Waals surface area contributed by atoms with Crippen LogP contribution in [-0.2, 0) is 12.8 Å². The van der Waals surface area contributed by atoms with Crippen LogP contribution in [-0.4, -0.2) is 32.1 Å². The molecule has 3 aliphatic heterocycles. The third-order valence-corrected chi connectivity index (χ3v) is 5.40. The number of fused-ring (bicyclic) bond motifs is 3. The van der Waals surface area contributed by atoms with Gasteiger partial charge in [0.15, 0.2) is 23.0 Å². The van der Waals surface area contributed by atoms with Crippen LogP contribution in [0.15, 0.2) is 30.3 Å². The lowest BCUT2D eigenvalue weighted by Crippen LogP contribution is -2.32. The van der Waals surface area contributed by atoms with E-state index >= 15 is 0 Å². The number of hydrogen-bond acceptors (Lipinski definition) is 5. The van der Waals surface area contributed by atoms with Crippen molar-refractivity contribution >= 4 is 0 Å². The summed E-state index contributed by atoms with van der Waals surface area (Å²) in [5.74, 6) is 3.47. The van der Waals surface area contributed by atoms with Crippen molar-refractivity contribution in [2.24, 2.45) is 0 Å². The molecule has 3 aliphatic rings. The molecule has 130 valence electrons. The van der Waals surface area contributed by atoms with Crippen LogP contribution in [0, 0.1) is 0 Å². The third kappa shape index (κ3) is 2.59. The molecule has 3 heterocycles. The van der Waals surface area contributed by atoms with E-state index < -0.39 is 0 Å². The molecule has 0 radical (unpaired) electrons. The Morgan fingerprint density at radius 3 is 2.48 bits per heavy atom. The first kappa shape index (κ1) is 14.9. The molecule has 5 heteroatoms. The Kier molecular flexibility index (Phi) is 3.48. The first-order valence-corrected chi connectivity index (χ1v) is 8.79. The highest BCUT2D eigenvalue weighted by molar-refractivity contribution is 5.51. The minimum absolute atomic E-state index is 0.324. The Morgan fingerprint density at radius 1 is 0.920 bits per heavy atom. The van der Waals surface area contributed by atoms with E-state index in [1.54, 1.807) is 0 Å². The van der Waals surface area contributed by atoms with Gasteiger partial charge in [0.1, 0.15) is 0 Å². The monoisotopic (exact) mass is 339 g/mol. The summed E-state index contributed by atoms with van der Waals surface area (Å²) in [5.41, 5.74) is 4.04. The van der Waals surface area contributed by atoms with Gasteiger partial charge in [-0.05, 0) is 67.3 Å². The largest absolute Gasteiger partial charge is 0.454 e. The molecule has 0 bridgehead atoms. The molecule has 2 aromatic carbocycles. The van der Waals surface area contributed by atoms with Crippen molar-refractivity contribution in [2.75, 3.05) is 27.2 Å². The molecule has 5 rings (SSSR count). The van der Waals surface area contributed by atoms with Crippen LogP contribution in [0.1, 0.15) is 29.2 Å². The van der Waals surface area contributed by atoms with E-state index in [0.29, 0.717) is 19.6 Å². The van der Waals surface area contributed by atoms with E-state index in [9.17, 15) is 0 Å². The summed E-state index contributed by atoms with van der Waals surface area (Å²) in [4.78, 5) is 2.44. The highest BCUT2D eigenvalue weighted by atomic mass is 16.7. The predicted molar refractivity (Wildman–Crippen MR) is 92.5 cm³/mol.